The highest BCUT2D eigenvalue weighted by atomic mass is 16.4. The molecular formula is C24H26N4O3. The Hall–Kier alpha value is -3.37. The van der Waals surface area contributed by atoms with Gasteiger partial charge in [-0.2, -0.15) is 5.26 Å². The number of benzene rings is 2. The van der Waals surface area contributed by atoms with Gasteiger partial charge in [0.25, 0.3) is 0 Å². The highest BCUT2D eigenvalue weighted by Gasteiger charge is 2.25. The largest absolute Gasteiger partial charge is 0.420 e. The van der Waals surface area contributed by atoms with Crippen molar-refractivity contribution in [3.63, 3.8) is 0 Å². The van der Waals surface area contributed by atoms with Gasteiger partial charge in [0.2, 0.25) is 5.91 Å². The molecule has 2 aromatic carbocycles. The molecule has 1 fully saturated rings. The summed E-state index contributed by atoms with van der Waals surface area (Å²) in [5, 5.41) is 12.2. The van der Waals surface area contributed by atoms with E-state index >= 15 is 0 Å². The van der Waals surface area contributed by atoms with Crippen LogP contribution in [0.4, 0.5) is 5.69 Å². The van der Waals surface area contributed by atoms with E-state index < -0.39 is 0 Å². The number of nitrogens with zero attached hydrogens (tertiary/aromatic N) is 3. The molecule has 0 bridgehead atoms. The zero-order valence-corrected chi connectivity index (χ0v) is 17.8. The van der Waals surface area contributed by atoms with Crippen LogP contribution in [-0.4, -0.2) is 28.5 Å². The van der Waals surface area contributed by atoms with Crippen LogP contribution in [0.25, 0.3) is 11.1 Å². The number of rotatable bonds is 5. The summed E-state index contributed by atoms with van der Waals surface area (Å²) < 4.78 is 6.94. The van der Waals surface area contributed by atoms with E-state index in [1.165, 1.54) is 0 Å². The maximum absolute atomic E-state index is 12.8. The number of fused-ring (bicyclic) bond motifs is 1. The number of piperidine rings is 1. The predicted molar refractivity (Wildman–Crippen MR) is 119 cm³/mol. The Bertz CT molecular complexity index is 1190. The third-order valence-electron chi connectivity index (χ3n) is 5.89. The molecule has 31 heavy (non-hydrogen) atoms. The van der Waals surface area contributed by atoms with Crippen molar-refractivity contribution in [1.82, 2.24) is 9.47 Å². The highest BCUT2D eigenvalue weighted by Crippen LogP contribution is 2.24. The number of nitrogens with one attached hydrogen (secondary N) is 1. The number of anilines is 1. The summed E-state index contributed by atoms with van der Waals surface area (Å²) in [4.78, 5) is 27.1. The lowest BCUT2D eigenvalue weighted by Crippen LogP contribution is -2.37. The van der Waals surface area contributed by atoms with Crippen LogP contribution in [0.2, 0.25) is 0 Å². The Morgan fingerprint density at radius 3 is 2.68 bits per heavy atom. The van der Waals surface area contributed by atoms with E-state index in [1.54, 1.807) is 10.6 Å². The van der Waals surface area contributed by atoms with Crippen molar-refractivity contribution in [2.75, 3.05) is 18.4 Å². The summed E-state index contributed by atoms with van der Waals surface area (Å²) in [5.41, 5.74) is 3.56. The van der Waals surface area contributed by atoms with Crippen LogP contribution in [0.3, 0.4) is 0 Å². The monoisotopic (exact) mass is 418 g/mol. The summed E-state index contributed by atoms with van der Waals surface area (Å²) in [6.07, 6.45) is 1.53. The first-order chi connectivity index (χ1) is 15.0. The Morgan fingerprint density at radius 2 is 1.97 bits per heavy atom. The van der Waals surface area contributed by atoms with Gasteiger partial charge < -0.3 is 9.73 Å². The summed E-state index contributed by atoms with van der Waals surface area (Å²) >= 11 is 0. The van der Waals surface area contributed by atoms with E-state index in [1.807, 2.05) is 50.2 Å². The number of carbonyl (C=O) groups is 1. The molecule has 7 heteroatoms. The molecule has 7 nitrogen and oxygen atoms in total. The average molecular weight is 418 g/mol. The fourth-order valence-corrected chi connectivity index (χ4v) is 4.21. The molecular weight excluding hydrogens is 392 g/mol. The zero-order valence-electron chi connectivity index (χ0n) is 17.8. The number of hydrogen-bond acceptors (Lipinski definition) is 5. The summed E-state index contributed by atoms with van der Waals surface area (Å²) in [6, 6.07) is 15.2. The van der Waals surface area contributed by atoms with Crippen LogP contribution in [-0.2, 0) is 11.3 Å². The minimum absolute atomic E-state index is 0.000463. The first-order valence-corrected chi connectivity index (χ1v) is 10.6. The molecule has 1 N–H and O–H groups in total. The SMILES string of the molecule is CC(C)n1c(=O)oc2cc(NC(=O)C3CCN(Cc4ccccc4C#N)CC3)ccc21. The summed E-state index contributed by atoms with van der Waals surface area (Å²) in [6.45, 7) is 6.20. The number of carbonyl (C=O) groups excluding carboxylic acids is 1. The first-order valence-electron chi connectivity index (χ1n) is 10.6. The Labute approximate surface area is 180 Å². The number of nitriles is 1. The zero-order chi connectivity index (χ0) is 22.0. The average Bonchev–Trinajstić information content (AvgIpc) is 3.09. The molecule has 0 aliphatic carbocycles. The minimum atomic E-state index is -0.390. The van der Waals surface area contributed by atoms with Crippen molar-refractivity contribution in [3.05, 3.63) is 64.1 Å². The van der Waals surface area contributed by atoms with Crippen LogP contribution in [0.1, 0.15) is 43.9 Å². The number of aromatic nitrogens is 1. The molecule has 0 spiro atoms. The van der Waals surface area contributed by atoms with Crippen LogP contribution in [0.5, 0.6) is 0 Å². The van der Waals surface area contributed by atoms with E-state index in [2.05, 4.69) is 16.3 Å². The van der Waals surface area contributed by atoms with E-state index in [4.69, 9.17) is 4.42 Å². The molecule has 0 radical (unpaired) electrons. The third-order valence-corrected chi connectivity index (χ3v) is 5.89. The summed E-state index contributed by atoms with van der Waals surface area (Å²) in [7, 11) is 0. The lowest BCUT2D eigenvalue weighted by atomic mass is 9.95. The normalized spacial score (nSPS) is 15.3. The molecule has 1 aliphatic rings. The van der Waals surface area contributed by atoms with Crippen molar-refractivity contribution >= 4 is 22.7 Å². The number of likely N-dealkylation sites (tertiary alicyclic amines) is 1. The van der Waals surface area contributed by atoms with Crippen LogP contribution >= 0.6 is 0 Å². The van der Waals surface area contributed by atoms with E-state index in [9.17, 15) is 14.9 Å². The maximum Gasteiger partial charge on any atom is 0.420 e. The van der Waals surface area contributed by atoms with Gasteiger partial charge in [-0.25, -0.2) is 4.79 Å². The van der Waals surface area contributed by atoms with E-state index in [0.29, 0.717) is 16.8 Å². The van der Waals surface area contributed by atoms with Gasteiger partial charge in [0.05, 0.1) is 17.1 Å². The molecule has 2 heterocycles. The van der Waals surface area contributed by atoms with Crippen molar-refractivity contribution in [3.8, 4) is 6.07 Å². The molecule has 1 aromatic heterocycles. The van der Waals surface area contributed by atoms with Crippen molar-refractivity contribution in [2.45, 2.75) is 39.3 Å². The Kier molecular flexibility index (Phi) is 5.92. The van der Waals surface area contributed by atoms with Crippen LogP contribution < -0.4 is 11.1 Å². The first kappa shape index (κ1) is 20.9. The summed E-state index contributed by atoms with van der Waals surface area (Å²) in [5.74, 6) is -0.466. The Morgan fingerprint density at radius 1 is 1.23 bits per heavy atom. The van der Waals surface area contributed by atoms with E-state index in [0.717, 1.165) is 43.6 Å². The molecule has 1 aliphatic heterocycles. The van der Waals surface area contributed by atoms with Gasteiger partial charge in [0.1, 0.15) is 0 Å². The molecule has 4 rings (SSSR count). The second-order valence-electron chi connectivity index (χ2n) is 8.32. The van der Waals surface area contributed by atoms with Crippen LogP contribution in [0.15, 0.2) is 51.7 Å². The van der Waals surface area contributed by atoms with Gasteiger partial charge in [0, 0.05) is 30.3 Å². The Balaban J connectivity index is 1.37. The van der Waals surface area contributed by atoms with Gasteiger partial charge in [0.15, 0.2) is 5.58 Å². The third kappa shape index (κ3) is 4.39. The quantitative estimate of drug-likeness (QED) is 0.679. The highest BCUT2D eigenvalue weighted by molar-refractivity contribution is 5.94. The lowest BCUT2D eigenvalue weighted by molar-refractivity contribution is -0.121. The standard InChI is InChI=1S/C24H26N4O3/c1-16(2)28-21-8-7-20(13-22(21)31-24(28)30)26-23(29)17-9-11-27(12-10-17)15-19-6-4-3-5-18(19)14-25/h3-8,13,16-17H,9-12,15H2,1-2H3,(H,26,29). The van der Waals surface area contributed by atoms with Crippen molar-refractivity contribution in [1.29, 1.82) is 5.26 Å². The number of oxazole rings is 1. The number of amides is 1. The van der Waals surface area contributed by atoms with Gasteiger partial charge >= 0.3 is 5.76 Å². The second kappa shape index (κ2) is 8.78. The van der Waals surface area contributed by atoms with Crippen LogP contribution in [0, 0.1) is 17.2 Å². The minimum Gasteiger partial charge on any atom is -0.408 e. The van der Waals surface area contributed by atoms with Gasteiger partial charge in [-0.15, -0.1) is 0 Å². The molecule has 0 saturated carbocycles. The number of hydrogen-bond donors (Lipinski definition) is 1. The van der Waals surface area contributed by atoms with Gasteiger partial charge in [-0.3, -0.25) is 14.3 Å². The maximum atomic E-state index is 12.8. The smallest absolute Gasteiger partial charge is 0.408 e. The lowest BCUT2D eigenvalue weighted by Gasteiger charge is -2.31. The van der Waals surface area contributed by atoms with E-state index in [-0.39, 0.29) is 23.6 Å². The molecule has 1 amide bonds. The predicted octanol–water partition coefficient (Wildman–Crippen LogP) is 3.90. The van der Waals surface area contributed by atoms with Gasteiger partial charge in [-0.1, -0.05) is 18.2 Å². The second-order valence-corrected chi connectivity index (χ2v) is 8.32. The molecule has 0 atom stereocenters. The fraction of sp³-hybridized carbons (Fsp3) is 0.375. The molecule has 3 aromatic rings. The molecule has 1 saturated heterocycles. The molecule has 160 valence electrons. The molecule has 0 unspecified atom stereocenters. The topological polar surface area (TPSA) is 91.3 Å². The van der Waals surface area contributed by atoms with Crippen molar-refractivity contribution in [2.24, 2.45) is 5.92 Å². The van der Waals surface area contributed by atoms with Gasteiger partial charge in [-0.05, 0) is 63.5 Å². The van der Waals surface area contributed by atoms with Crippen molar-refractivity contribution < 1.29 is 9.21 Å². The fourth-order valence-electron chi connectivity index (χ4n) is 4.21.